The van der Waals surface area contributed by atoms with Crippen LogP contribution in [0.15, 0.2) is 29.2 Å². The summed E-state index contributed by atoms with van der Waals surface area (Å²) in [7, 11) is -3.88. The van der Waals surface area contributed by atoms with Crippen molar-refractivity contribution < 1.29 is 22.8 Å². The number of amides is 3. The molecule has 1 atom stereocenters. The molecular weight excluding hydrogens is 466 g/mol. The Labute approximate surface area is 206 Å². The summed E-state index contributed by atoms with van der Waals surface area (Å²) >= 11 is 0. The molecule has 1 aliphatic heterocycles. The number of primary sulfonamides is 1. The second-order valence-corrected chi connectivity index (χ2v) is 13.2. The number of hydrogen-bond acceptors (Lipinski definition) is 5. The lowest BCUT2D eigenvalue weighted by Gasteiger charge is -2.57. The molecule has 1 unspecified atom stereocenters. The molecule has 9 heteroatoms. The van der Waals surface area contributed by atoms with Crippen molar-refractivity contribution >= 4 is 33.4 Å². The highest BCUT2D eigenvalue weighted by atomic mass is 32.2. The molecular formula is C26H33N3O5S. The second-order valence-electron chi connectivity index (χ2n) is 11.7. The third-order valence-corrected chi connectivity index (χ3v) is 10.3. The van der Waals surface area contributed by atoms with E-state index in [1.54, 1.807) is 0 Å². The van der Waals surface area contributed by atoms with E-state index in [1.165, 1.54) is 43.5 Å². The Morgan fingerprint density at radius 1 is 0.943 bits per heavy atom. The summed E-state index contributed by atoms with van der Waals surface area (Å²) in [6, 6.07) is 4.67. The van der Waals surface area contributed by atoms with Crippen LogP contribution in [0, 0.1) is 23.2 Å². The lowest BCUT2D eigenvalue weighted by molar-refractivity contribution is -0.164. The van der Waals surface area contributed by atoms with E-state index in [0.717, 1.165) is 49.8 Å². The molecule has 6 fully saturated rings. The van der Waals surface area contributed by atoms with Crippen molar-refractivity contribution in [2.75, 3.05) is 4.90 Å². The van der Waals surface area contributed by atoms with Gasteiger partial charge in [-0.05, 0) is 93.4 Å². The largest absolute Gasteiger partial charge is 0.327 e. The van der Waals surface area contributed by atoms with Crippen molar-refractivity contribution in [2.24, 2.45) is 28.3 Å². The van der Waals surface area contributed by atoms with E-state index < -0.39 is 16.1 Å². The molecule has 0 aromatic heterocycles. The van der Waals surface area contributed by atoms with Gasteiger partial charge in [0.2, 0.25) is 21.8 Å². The maximum atomic E-state index is 14.4. The van der Waals surface area contributed by atoms with Crippen molar-refractivity contribution in [3.05, 3.63) is 24.3 Å². The van der Waals surface area contributed by atoms with E-state index in [2.05, 4.69) is 0 Å². The number of imide groups is 1. The number of carbonyl (C=O) groups is 3. The summed E-state index contributed by atoms with van der Waals surface area (Å²) in [6.45, 7) is 0. The number of nitrogens with two attached hydrogens (primary N) is 1. The standard InChI is InChI=1S/C26H33N3O5S/c27-35(33,34)21-7-5-20(6-8-21)29-23(30)12-22(24(29)31)28(19-3-1-2-4-19)25(32)26-13-16-9-17(14-26)11-18(10-16)15-26/h5-8,16-19,22H,1-4,9-15H2,(H2,27,33,34). The Morgan fingerprint density at radius 2 is 1.49 bits per heavy atom. The molecule has 188 valence electrons. The smallest absolute Gasteiger partial charge is 0.257 e. The lowest BCUT2D eigenvalue weighted by atomic mass is 9.49. The van der Waals surface area contributed by atoms with Gasteiger partial charge in [0.25, 0.3) is 5.91 Å². The van der Waals surface area contributed by atoms with Crippen molar-refractivity contribution in [1.29, 1.82) is 0 Å². The van der Waals surface area contributed by atoms with Crippen LogP contribution in [0.25, 0.3) is 0 Å². The molecule has 5 saturated carbocycles. The van der Waals surface area contributed by atoms with E-state index in [4.69, 9.17) is 5.14 Å². The maximum absolute atomic E-state index is 14.4. The van der Waals surface area contributed by atoms with Gasteiger partial charge in [-0.25, -0.2) is 18.5 Å². The number of hydrogen-bond donors (Lipinski definition) is 1. The highest BCUT2D eigenvalue weighted by Crippen LogP contribution is 2.61. The van der Waals surface area contributed by atoms with E-state index in [9.17, 15) is 22.8 Å². The highest BCUT2D eigenvalue weighted by Gasteiger charge is 2.58. The SMILES string of the molecule is NS(=O)(=O)c1ccc(N2C(=O)CC(N(C(=O)C34CC5CC(CC(C5)C3)C4)C3CCCC3)C2=O)cc1. The Bertz CT molecular complexity index is 1140. The van der Waals surface area contributed by atoms with Crippen LogP contribution >= 0.6 is 0 Å². The molecule has 7 rings (SSSR count). The minimum Gasteiger partial charge on any atom is -0.327 e. The van der Waals surface area contributed by atoms with Crippen LogP contribution in [0.3, 0.4) is 0 Å². The molecule has 8 nitrogen and oxygen atoms in total. The van der Waals surface area contributed by atoms with Crippen LogP contribution in [0.2, 0.25) is 0 Å². The molecule has 0 radical (unpaired) electrons. The number of benzene rings is 1. The van der Waals surface area contributed by atoms with Crippen molar-refractivity contribution in [3.63, 3.8) is 0 Å². The van der Waals surface area contributed by atoms with E-state index in [1.807, 2.05) is 4.90 Å². The van der Waals surface area contributed by atoms with Gasteiger partial charge in [0, 0.05) is 6.04 Å². The van der Waals surface area contributed by atoms with Crippen LogP contribution in [0.1, 0.15) is 70.6 Å². The first-order valence-corrected chi connectivity index (χ1v) is 14.5. The summed E-state index contributed by atoms with van der Waals surface area (Å²) in [6.07, 6.45) is 10.3. The van der Waals surface area contributed by atoms with Crippen LogP contribution < -0.4 is 10.0 Å². The van der Waals surface area contributed by atoms with Crippen molar-refractivity contribution in [2.45, 2.75) is 87.6 Å². The van der Waals surface area contributed by atoms with Crippen molar-refractivity contribution in [3.8, 4) is 0 Å². The Morgan fingerprint density at radius 3 is 2.00 bits per heavy atom. The Balaban J connectivity index is 1.31. The summed E-state index contributed by atoms with van der Waals surface area (Å²) in [5, 5.41) is 5.18. The number of anilines is 1. The van der Waals surface area contributed by atoms with Gasteiger partial charge in [0.15, 0.2) is 0 Å². The monoisotopic (exact) mass is 499 g/mol. The minimum absolute atomic E-state index is 0.00182. The number of carbonyl (C=O) groups excluding carboxylic acids is 3. The average molecular weight is 500 g/mol. The second kappa shape index (κ2) is 8.13. The molecule has 5 aliphatic carbocycles. The average Bonchev–Trinajstić information content (AvgIpc) is 3.41. The Kier molecular flexibility index (Phi) is 5.38. The van der Waals surface area contributed by atoms with Crippen LogP contribution in [-0.4, -0.2) is 43.1 Å². The van der Waals surface area contributed by atoms with Crippen LogP contribution in [0.4, 0.5) is 5.69 Å². The lowest BCUT2D eigenvalue weighted by Crippen LogP contribution is -2.59. The van der Waals surface area contributed by atoms with Crippen LogP contribution in [0.5, 0.6) is 0 Å². The summed E-state index contributed by atoms with van der Waals surface area (Å²) < 4.78 is 23.2. The maximum Gasteiger partial charge on any atom is 0.257 e. The zero-order valence-corrected chi connectivity index (χ0v) is 20.7. The zero-order valence-electron chi connectivity index (χ0n) is 19.9. The van der Waals surface area contributed by atoms with Gasteiger partial charge in [-0.1, -0.05) is 12.8 Å². The number of sulfonamides is 1. The molecule has 1 heterocycles. The first-order valence-electron chi connectivity index (χ1n) is 13.0. The fraction of sp³-hybridized carbons (Fsp3) is 0.654. The zero-order chi connectivity index (χ0) is 24.5. The molecule has 4 bridgehead atoms. The molecule has 3 amide bonds. The topological polar surface area (TPSA) is 118 Å². The van der Waals surface area contributed by atoms with Gasteiger partial charge in [-0.3, -0.25) is 14.4 Å². The predicted octanol–water partition coefficient (Wildman–Crippen LogP) is 2.95. The fourth-order valence-corrected chi connectivity index (χ4v) is 8.80. The van der Waals surface area contributed by atoms with Gasteiger partial charge in [-0.15, -0.1) is 0 Å². The molecule has 6 aliphatic rings. The van der Waals surface area contributed by atoms with E-state index >= 15 is 0 Å². The van der Waals surface area contributed by atoms with Gasteiger partial charge in [0.05, 0.1) is 22.4 Å². The third kappa shape index (κ3) is 3.82. The number of rotatable bonds is 5. The fourth-order valence-electron chi connectivity index (χ4n) is 8.28. The van der Waals surface area contributed by atoms with E-state index in [0.29, 0.717) is 23.4 Å². The summed E-state index contributed by atoms with van der Waals surface area (Å²) in [4.78, 5) is 44.1. The van der Waals surface area contributed by atoms with E-state index in [-0.39, 0.29) is 40.5 Å². The first kappa shape index (κ1) is 23.2. The number of nitrogens with zero attached hydrogens (tertiary/aromatic N) is 2. The minimum atomic E-state index is -3.88. The Hall–Kier alpha value is -2.26. The molecule has 1 aromatic carbocycles. The molecule has 2 N–H and O–H groups in total. The summed E-state index contributed by atoms with van der Waals surface area (Å²) in [5.41, 5.74) is -0.0610. The van der Waals surface area contributed by atoms with Gasteiger partial charge in [0.1, 0.15) is 6.04 Å². The van der Waals surface area contributed by atoms with Crippen molar-refractivity contribution in [1.82, 2.24) is 4.90 Å². The highest BCUT2D eigenvalue weighted by molar-refractivity contribution is 7.89. The predicted molar refractivity (Wildman–Crippen MR) is 128 cm³/mol. The van der Waals surface area contributed by atoms with Crippen LogP contribution in [-0.2, 0) is 24.4 Å². The first-order chi connectivity index (χ1) is 16.6. The molecule has 1 saturated heterocycles. The third-order valence-electron chi connectivity index (χ3n) is 9.33. The molecule has 35 heavy (non-hydrogen) atoms. The summed E-state index contributed by atoms with van der Waals surface area (Å²) in [5.74, 6) is 1.22. The normalized spacial score (nSPS) is 34.7. The van der Waals surface area contributed by atoms with Gasteiger partial charge < -0.3 is 4.90 Å². The molecule has 0 spiro atoms. The van der Waals surface area contributed by atoms with Gasteiger partial charge >= 0.3 is 0 Å². The molecule has 1 aromatic rings. The van der Waals surface area contributed by atoms with Gasteiger partial charge in [-0.2, -0.15) is 0 Å². The quantitative estimate of drug-likeness (QED) is 0.625.